The van der Waals surface area contributed by atoms with E-state index < -0.39 is 6.04 Å². The van der Waals surface area contributed by atoms with E-state index in [9.17, 15) is 9.59 Å². The van der Waals surface area contributed by atoms with E-state index in [1.54, 1.807) is 26.0 Å². The van der Waals surface area contributed by atoms with Crippen LogP contribution >= 0.6 is 12.2 Å². The molecule has 0 saturated carbocycles. The summed E-state index contributed by atoms with van der Waals surface area (Å²) in [6.45, 7) is 5.52. The number of carbonyl (C=O) groups is 2. The van der Waals surface area contributed by atoms with Crippen LogP contribution in [-0.4, -0.2) is 48.2 Å². The van der Waals surface area contributed by atoms with Gasteiger partial charge in [0.05, 0.1) is 18.2 Å². The van der Waals surface area contributed by atoms with Gasteiger partial charge in [0.25, 0.3) is 5.91 Å². The lowest BCUT2D eigenvalue weighted by molar-refractivity contribution is -0.139. The number of rotatable bonds is 6. The third-order valence-corrected chi connectivity index (χ3v) is 5.52. The lowest BCUT2D eigenvalue weighted by Crippen LogP contribution is -2.45. The molecule has 0 aromatic heterocycles. The molecular formula is C22H29N3O4S. The average molecular weight is 432 g/mol. The van der Waals surface area contributed by atoms with Crippen molar-refractivity contribution in [1.82, 2.24) is 15.5 Å². The molecule has 0 aliphatic carbocycles. The molecule has 2 heterocycles. The summed E-state index contributed by atoms with van der Waals surface area (Å²) in [5.41, 5.74) is 2.02. The molecule has 1 atom stereocenters. The Balaban J connectivity index is 1.66. The highest BCUT2D eigenvalue weighted by Crippen LogP contribution is 2.29. The fraction of sp³-hybridized carbons (Fsp3) is 0.500. The van der Waals surface area contributed by atoms with Crippen LogP contribution in [0, 0.1) is 0 Å². The first-order chi connectivity index (χ1) is 14.5. The van der Waals surface area contributed by atoms with E-state index >= 15 is 0 Å². The molecule has 3 rings (SSSR count). The first-order valence-electron chi connectivity index (χ1n) is 10.5. The lowest BCUT2D eigenvalue weighted by atomic mass is 9.95. The Morgan fingerprint density at radius 3 is 2.43 bits per heavy atom. The first-order valence-corrected chi connectivity index (χ1v) is 10.9. The maximum atomic E-state index is 12.4. The summed E-state index contributed by atoms with van der Waals surface area (Å²) in [6.07, 6.45) is 4.48. The quantitative estimate of drug-likeness (QED) is 0.530. The van der Waals surface area contributed by atoms with Crippen LogP contribution in [0.15, 0.2) is 35.5 Å². The third-order valence-electron chi connectivity index (χ3n) is 5.30. The fourth-order valence-electron chi connectivity index (χ4n) is 3.74. The Morgan fingerprint density at radius 1 is 1.13 bits per heavy atom. The van der Waals surface area contributed by atoms with Crippen LogP contribution in [0.2, 0.25) is 0 Å². The molecule has 1 aromatic carbocycles. The maximum absolute atomic E-state index is 12.4. The fourth-order valence-corrected chi connectivity index (χ4v) is 4.01. The van der Waals surface area contributed by atoms with Crippen LogP contribution in [0.1, 0.15) is 51.1 Å². The monoisotopic (exact) mass is 431 g/mol. The number of hydrogen-bond donors (Lipinski definition) is 2. The van der Waals surface area contributed by atoms with Crippen molar-refractivity contribution in [3.8, 4) is 5.75 Å². The molecule has 1 aromatic rings. The number of thiocarbonyl (C=S) groups is 1. The average Bonchev–Trinajstić information content (AvgIpc) is 3.01. The van der Waals surface area contributed by atoms with E-state index in [2.05, 4.69) is 10.6 Å². The molecule has 2 N–H and O–H groups in total. The Bertz CT molecular complexity index is 814. The third kappa shape index (κ3) is 5.50. The zero-order chi connectivity index (χ0) is 21.5. The van der Waals surface area contributed by atoms with E-state index in [-0.39, 0.29) is 18.5 Å². The number of benzene rings is 1. The van der Waals surface area contributed by atoms with Gasteiger partial charge in [0.1, 0.15) is 5.75 Å². The van der Waals surface area contributed by atoms with Gasteiger partial charge in [0, 0.05) is 18.8 Å². The number of hydrogen-bond acceptors (Lipinski definition) is 5. The second-order valence-electron chi connectivity index (χ2n) is 7.44. The minimum Gasteiger partial charge on any atom is -0.484 e. The van der Waals surface area contributed by atoms with Gasteiger partial charge < -0.3 is 25.0 Å². The molecule has 0 radical (unpaired) electrons. The Hall–Kier alpha value is -2.61. The normalized spacial score (nSPS) is 19.5. The van der Waals surface area contributed by atoms with Crippen molar-refractivity contribution in [2.24, 2.45) is 0 Å². The summed E-state index contributed by atoms with van der Waals surface area (Å²) < 4.78 is 10.9. The van der Waals surface area contributed by atoms with E-state index in [1.807, 2.05) is 17.0 Å². The van der Waals surface area contributed by atoms with E-state index in [4.69, 9.17) is 21.7 Å². The minimum atomic E-state index is -0.411. The molecule has 30 heavy (non-hydrogen) atoms. The molecular weight excluding hydrogens is 402 g/mol. The number of esters is 1. The highest BCUT2D eigenvalue weighted by molar-refractivity contribution is 7.80. The van der Waals surface area contributed by atoms with Crippen LogP contribution in [0.3, 0.4) is 0 Å². The summed E-state index contributed by atoms with van der Waals surface area (Å²) in [4.78, 5) is 26.7. The van der Waals surface area contributed by atoms with Gasteiger partial charge in [0.15, 0.2) is 11.7 Å². The van der Waals surface area contributed by atoms with Crippen LogP contribution in [0.4, 0.5) is 0 Å². The van der Waals surface area contributed by atoms with E-state index in [0.717, 1.165) is 31.5 Å². The van der Waals surface area contributed by atoms with Crippen molar-refractivity contribution in [2.45, 2.75) is 45.6 Å². The number of nitrogens with one attached hydrogen (secondary N) is 2. The van der Waals surface area contributed by atoms with Gasteiger partial charge >= 0.3 is 5.97 Å². The zero-order valence-corrected chi connectivity index (χ0v) is 18.3. The van der Waals surface area contributed by atoms with Crippen molar-refractivity contribution in [3.63, 3.8) is 0 Å². The Morgan fingerprint density at radius 2 is 1.80 bits per heavy atom. The van der Waals surface area contributed by atoms with Crippen molar-refractivity contribution < 1.29 is 19.1 Å². The van der Waals surface area contributed by atoms with E-state index in [0.29, 0.717) is 28.7 Å². The molecule has 1 saturated heterocycles. The van der Waals surface area contributed by atoms with Gasteiger partial charge in [-0.1, -0.05) is 25.0 Å². The maximum Gasteiger partial charge on any atom is 0.338 e. The highest BCUT2D eigenvalue weighted by Gasteiger charge is 2.30. The highest BCUT2D eigenvalue weighted by atomic mass is 32.1. The van der Waals surface area contributed by atoms with Crippen molar-refractivity contribution >= 4 is 29.2 Å². The topological polar surface area (TPSA) is 79.9 Å². The molecule has 0 unspecified atom stereocenters. The largest absolute Gasteiger partial charge is 0.484 e. The number of carbonyl (C=O) groups excluding carboxylic acids is 2. The predicted molar refractivity (Wildman–Crippen MR) is 118 cm³/mol. The number of amides is 1. The van der Waals surface area contributed by atoms with Gasteiger partial charge in [0.2, 0.25) is 0 Å². The standard InChI is InChI=1S/C22H29N3O4S/c1-3-28-21(27)19-15(2)23-22(30)24-20(19)16-8-10-17(11-9-16)29-14-18(26)25-12-6-4-5-7-13-25/h8-11,20H,3-7,12-14H2,1-2H3,(H2,23,24,30)/t20-/m0/s1. The first kappa shape index (κ1) is 22.1. The van der Waals surface area contributed by atoms with Crippen LogP contribution in [0.25, 0.3) is 0 Å². The Kier molecular flexibility index (Phi) is 7.68. The summed E-state index contributed by atoms with van der Waals surface area (Å²) in [5.74, 6) is 0.247. The SMILES string of the molecule is CCOC(=O)C1=C(C)NC(=S)N[C@H]1c1ccc(OCC(=O)N2CCCCCC2)cc1. The van der Waals surface area contributed by atoms with Crippen molar-refractivity contribution in [3.05, 3.63) is 41.1 Å². The van der Waals surface area contributed by atoms with Gasteiger partial charge in [-0.15, -0.1) is 0 Å². The van der Waals surface area contributed by atoms with Crippen LogP contribution < -0.4 is 15.4 Å². The molecule has 2 aliphatic rings. The Labute approximate surface area is 182 Å². The molecule has 0 spiro atoms. The lowest BCUT2D eigenvalue weighted by Gasteiger charge is -2.29. The molecule has 1 fully saturated rings. The van der Waals surface area contributed by atoms with Crippen molar-refractivity contribution in [1.29, 1.82) is 0 Å². The number of nitrogens with zero attached hydrogens (tertiary/aromatic N) is 1. The summed E-state index contributed by atoms with van der Waals surface area (Å²) in [7, 11) is 0. The molecule has 8 heteroatoms. The molecule has 2 aliphatic heterocycles. The van der Waals surface area contributed by atoms with Crippen molar-refractivity contribution in [2.75, 3.05) is 26.3 Å². The summed E-state index contributed by atoms with van der Waals surface area (Å²) >= 11 is 5.26. The van der Waals surface area contributed by atoms with Gasteiger partial charge in [-0.05, 0) is 56.6 Å². The van der Waals surface area contributed by atoms with Gasteiger partial charge in [-0.2, -0.15) is 0 Å². The van der Waals surface area contributed by atoms with E-state index in [1.165, 1.54) is 12.8 Å². The second kappa shape index (κ2) is 10.4. The van der Waals surface area contributed by atoms with Gasteiger partial charge in [-0.25, -0.2) is 4.79 Å². The molecule has 0 bridgehead atoms. The predicted octanol–water partition coefficient (Wildman–Crippen LogP) is 2.82. The minimum absolute atomic E-state index is 0.0227. The smallest absolute Gasteiger partial charge is 0.338 e. The molecule has 7 nitrogen and oxygen atoms in total. The zero-order valence-electron chi connectivity index (χ0n) is 17.5. The molecule has 1 amide bonds. The summed E-state index contributed by atoms with van der Waals surface area (Å²) in [6, 6.07) is 6.92. The summed E-state index contributed by atoms with van der Waals surface area (Å²) in [5, 5.41) is 6.56. The molecule has 162 valence electrons. The number of ether oxygens (including phenoxy) is 2. The number of allylic oxidation sites excluding steroid dienone is 1. The van der Waals surface area contributed by atoms with Crippen LogP contribution in [0.5, 0.6) is 5.75 Å². The second-order valence-corrected chi connectivity index (χ2v) is 7.85. The van der Waals surface area contributed by atoms with Crippen LogP contribution in [-0.2, 0) is 14.3 Å². The number of likely N-dealkylation sites (tertiary alicyclic amines) is 1. The van der Waals surface area contributed by atoms with Gasteiger partial charge in [-0.3, -0.25) is 4.79 Å².